The summed E-state index contributed by atoms with van der Waals surface area (Å²) in [6.45, 7) is 5.19. The first-order valence-corrected chi connectivity index (χ1v) is 8.98. The Bertz CT molecular complexity index is 711. The zero-order valence-corrected chi connectivity index (χ0v) is 15.0. The zero-order valence-electron chi connectivity index (χ0n) is 14.2. The fourth-order valence-electron chi connectivity index (χ4n) is 2.23. The van der Waals surface area contributed by atoms with E-state index >= 15 is 0 Å². The molecule has 134 valence electrons. The van der Waals surface area contributed by atoms with Gasteiger partial charge in [-0.2, -0.15) is 0 Å². The SMILES string of the molecule is COC(=O)c1cc(S(=O)(=O)NCC(CC(C)C)C(=O)O)ccc1C. The highest BCUT2D eigenvalue weighted by Crippen LogP contribution is 2.18. The maximum Gasteiger partial charge on any atom is 0.338 e. The summed E-state index contributed by atoms with van der Waals surface area (Å²) < 4.78 is 31.7. The highest BCUT2D eigenvalue weighted by atomic mass is 32.2. The molecule has 0 aliphatic carbocycles. The van der Waals surface area contributed by atoms with Crippen molar-refractivity contribution in [3.05, 3.63) is 29.3 Å². The molecule has 0 aromatic heterocycles. The first-order valence-electron chi connectivity index (χ1n) is 7.50. The lowest BCUT2D eigenvalue weighted by molar-refractivity contribution is -0.142. The highest BCUT2D eigenvalue weighted by molar-refractivity contribution is 7.89. The Morgan fingerprint density at radius 2 is 1.92 bits per heavy atom. The molecular formula is C16H23NO6S. The van der Waals surface area contributed by atoms with Crippen molar-refractivity contribution in [3.63, 3.8) is 0 Å². The quantitative estimate of drug-likeness (QED) is 0.687. The fourth-order valence-corrected chi connectivity index (χ4v) is 3.34. The number of hydrogen-bond acceptors (Lipinski definition) is 5. The summed E-state index contributed by atoms with van der Waals surface area (Å²) in [6.07, 6.45) is 0.360. The summed E-state index contributed by atoms with van der Waals surface area (Å²) in [5.74, 6) is -2.37. The number of hydrogen-bond donors (Lipinski definition) is 2. The molecule has 0 heterocycles. The fraction of sp³-hybridized carbons (Fsp3) is 0.500. The first kappa shape index (κ1) is 20.1. The van der Waals surface area contributed by atoms with E-state index in [1.807, 2.05) is 13.8 Å². The first-order chi connectivity index (χ1) is 11.1. The van der Waals surface area contributed by atoms with E-state index in [1.165, 1.54) is 25.3 Å². The van der Waals surface area contributed by atoms with Crippen molar-refractivity contribution in [1.29, 1.82) is 0 Å². The number of nitrogens with one attached hydrogen (secondary N) is 1. The minimum Gasteiger partial charge on any atom is -0.481 e. The van der Waals surface area contributed by atoms with Crippen LogP contribution in [-0.2, 0) is 19.6 Å². The van der Waals surface area contributed by atoms with Gasteiger partial charge in [0.1, 0.15) is 0 Å². The lowest BCUT2D eigenvalue weighted by Crippen LogP contribution is -2.33. The Balaban J connectivity index is 3.00. The molecule has 24 heavy (non-hydrogen) atoms. The Morgan fingerprint density at radius 1 is 1.29 bits per heavy atom. The number of rotatable bonds is 8. The van der Waals surface area contributed by atoms with Crippen molar-refractivity contribution in [1.82, 2.24) is 4.72 Å². The van der Waals surface area contributed by atoms with E-state index in [0.29, 0.717) is 12.0 Å². The van der Waals surface area contributed by atoms with Gasteiger partial charge < -0.3 is 9.84 Å². The van der Waals surface area contributed by atoms with Gasteiger partial charge in [0.05, 0.1) is 23.5 Å². The van der Waals surface area contributed by atoms with Crippen LogP contribution in [0.25, 0.3) is 0 Å². The van der Waals surface area contributed by atoms with Gasteiger partial charge in [-0.1, -0.05) is 19.9 Å². The number of carbonyl (C=O) groups excluding carboxylic acids is 1. The molecule has 1 unspecified atom stereocenters. The number of carboxylic acids is 1. The second-order valence-electron chi connectivity index (χ2n) is 5.98. The third-order valence-corrected chi connectivity index (χ3v) is 4.97. The second kappa shape index (κ2) is 8.25. The van der Waals surface area contributed by atoms with Crippen LogP contribution in [-0.4, -0.2) is 39.1 Å². The number of esters is 1. The monoisotopic (exact) mass is 357 g/mol. The molecule has 0 amide bonds. The Labute approximate surface area is 142 Å². The number of methoxy groups -OCH3 is 1. The topological polar surface area (TPSA) is 110 Å². The molecule has 0 saturated heterocycles. The van der Waals surface area contributed by atoms with E-state index in [-0.39, 0.29) is 22.9 Å². The van der Waals surface area contributed by atoms with Gasteiger partial charge in [0.2, 0.25) is 10.0 Å². The van der Waals surface area contributed by atoms with E-state index in [4.69, 9.17) is 0 Å². The van der Waals surface area contributed by atoms with Crippen LogP contribution in [0.4, 0.5) is 0 Å². The van der Waals surface area contributed by atoms with Gasteiger partial charge in [0, 0.05) is 6.54 Å². The van der Waals surface area contributed by atoms with Gasteiger partial charge >= 0.3 is 11.9 Å². The third-order valence-electron chi connectivity index (χ3n) is 3.55. The van der Waals surface area contributed by atoms with E-state index in [1.54, 1.807) is 6.92 Å². The van der Waals surface area contributed by atoms with Gasteiger partial charge in [-0.25, -0.2) is 17.9 Å². The van der Waals surface area contributed by atoms with E-state index < -0.39 is 27.9 Å². The van der Waals surface area contributed by atoms with Crippen LogP contribution in [0.3, 0.4) is 0 Å². The van der Waals surface area contributed by atoms with Crippen LogP contribution in [0.5, 0.6) is 0 Å². The number of sulfonamides is 1. The Hall–Kier alpha value is -1.93. The largest absolute Gasteiger partial charge is 0.481 e. The average Bonchev–Trinajstić information content (AvgIpc) is 2.50. The Morgan fingerprint density at radius 3 is 2.42 bits per heavy atom. The van der Waals surface area contributed by atoms with Crippen molar-refractivity contribution >= 4 is 22.0 Å². The van der Waals surface area contributed by atoms with Gasteiger partial charge in [0.25, 0.3) is 0 Å². The average molecular weight is 357 g/mol. The smallest absolute Gasteiger partial charge is 0.338 e. The predicted octanol–water partition coefficient (Wildman–Crippen LogP) is 1.81. The lowest BCUT2D eigenvalue weighted by atomic mass is 9.98. The maximum atomic E-state index is 12.4. The van der Waals surface area contributed by atoms with E-state index in [2.05, 4.69) is 9.46 Å². The molecule has 7 nitrogen and oxygen atoms in total. The molecule has 0 spiro atoms. The summed E-state index contributed by atoms with van der Waals surface area (Å²) in [7, 11) is -2.71. The van der Waals surface area contributed by atoms with Gasteiger partial charge in [-0.15, -0.1) is 0 Å². The lowest BCUT2D eigenvalue weighted by Gasteiger charge is -2.16. The normalized spacial score (nSPS) is 12.9. The Kier molecular flexibility index (Phi) is 6.92. The molecule has 0 fully saturated rings. The maximum absolute atomic E-state index is 12.4. The van der Waals surface area contributed by atoms with Crippen molar-refractivity contribution in [3.8, 4) is 0 Å². The molecule has 0 saturated carbocycles. The molecule has 0 bridgehead atoms. The van der Waals surface area contributed by atoms with Crippen LogP contribution in [0.1, 0.15) is 36.2 Å². The van der Waals surface area contributed by atoms with Crippen molar-refractivity contribution in [2.45, 2.75) is 32.1 Å². The van der Waals surface area contributed by atoms with Crippen molar-refractivity contribution in [2.24, 2.45) is 11.8 Å². The minimum atomic E-state index is -3.93. The number of ether oxygens (including phenoxy) is 1. The summed E-state index contributed by atoms with van der Waals surface area (Å²) in [5, 5.41) is 9.18. The van der Waals surface area contributed by atoms with E-state index in [0.717, 1.165) is 0 Å². The van der Waals surface area contributed by atoms with Crippen LogP contribution in [0, 0.1) is 18.8 Å². The predicted molar refractivity (Wildman–Crippen MR) is 88.3 cm³/mol. The molecule has 1 rings (SSSR count). The number of aliphatic carboxylic acids is 1. The summed E-state index contributed by atoms with van der Waals surface area (Å²) >= 11 is 0. The second-order valence-corrected chi connectivity index (χ2v) is 7.75. The highest BCUT2D eigenvalue weighted by Gasteiger charge is 2.23. The molecular weight excluding hydrogens is 334 g/mol. The molecule has 1 aromatic rings. The van der Waals surface area contributed by atoms with Crippen LogP contribution in [0.2, 0.25) is 0 Å². The van der Waals surface area contributed by atoms with Gasteiger partial charge in [0.15, 0.2) is 0 Å². The molecule has 1 atom stereocenters. The van der Waals surface area contributed by atoms with Gasteiger partial charge in [-0.3, -0.25) is 4.79 Å². The third kappa shape index (κ3) is 5.31. The summed E-state index contributed by atoms with van der Waals surface area (Å²) in [5.41, 5.74) is 0.737. The van der Waals surface area contributed by atoms with Crippen molar-refractivity contribution in [2.75, 3.05) is 13.7 Å². The van der Waals surface area contributed by atoms with E-state index in [9.17, 15) is 23.1 Å². The summed E-state index contributed by atoms with van der Waals surface area (Å²) in [6, 6.07) is 4.09. The van der Waals surface area contributed by atoms with Gasteiger partial charge in [-0.05, 0) is 37.0 Å². The molecule has 1 aromatic carbocycles. The number of carboxylic acid groups (broad SMARTS) is 1. The van der Waals surface area contributed by atoms with Crippen molar-refractivity contribution < 1.29 is 27.9 Å². The number of benzene rings is 1. The minimum absolute atomic E-state index is 0.109. The summed E-state index contributed by atoms with van der Waals surface area (Å²) in [4.78, 5) is 22.8. The molecule has 8 heteroatoms. The zero-order chi connectivity index (χ0) is 18.5. The molecule has 2 N–H and O–H groups in total. The number of aryl methyl sites for hydroxylation is 1. The van der Waals surface area contributed by atoms with Crippen LogP contribution in [0.15, 0.2) is 23.1 Å². The molecule has 0 aliphatic heterocycles. The van der Waals surface area contributed by atoms with Crippen LogP contribution < -0.4 is 4.72 Å². The molecule has 0 radical (unpaired) electrons. The van der Waals surface area contributed by atoms with Crippen LogP contribution >= 0.6 is 0 Å². The number of carbonyl (C=O) groups is 2. The standard InChI is InChI=1S/C16H23NO6S/c1-10(2)7-12(15(18)19)9-17-24(21,22)13-6-5-11(3)14(8-13)16(20)23-4/h5-6,8,10,12,17H,7,9H2,1-4H3,(H,18,19). The molecule has 0 aliphatic rings.